The van der Waals surface area contributed by atoms with Crippen molar-refractivity contribution in [3.05, 3.63) is 46.3 Å². The number of imidazole rings is 1. The largest absolute Gasteiger partial charge is 0.476 e. The minimum absolute atomic E-state index is 0.171. The summed E-state index contributed by atoms with van der Waals surface area (Å²) in [7, 11) is 0. The van der Waals surface area contributed by atoms with Crippen LogP contribution in [0.2, 0.25) is 0 Å². The number of aromatic nitrogens is 3. The summed E-state index contributed by atoms with van der Waals surface area (Å²) >= 11 is 0. The molecule has 9 heteroatoms. The van der Waals surface area contributed by atoms with Gasteiger partial charge in [-0.05, 0) is 13.0 Å². The molecule has 2 aromatic rings. The number of halogens is 3. The Kier molecular flexibility index (Phi) is 5.18. The first-order chi connectivity index (χ1) is 12.2. The third-order valence-electron chi connectivity index (χ3n) is 4.08. The van der Waals surface area contributed by atoms with Gasteiger partial charge in [0.15, 0.2) is 11.5 Å². The quantitative estimate of drug-likeness (QED) is 0.811. The number of hydrogen-bond acceptors (Lipinski definition) is 4. The summed E-state index contributed by atoms with van der Waals surface area (Å²) < 4.78 is 42.0. The number of pyridine rings is 1. The summed E-state index contributed by atoms with van der Waals surface area (Å²) in [6.07, 6.45) is -3.68. The van der Waals surface area contributed by atoms with Crippen molar-refractivity contribution in [1.82, 2.24) is 14.5 Å². The Hall–Kier alpha value is -2.71. The molecule has 0 fully saturated rings. The molecule has 0 amide bonds. The van der Waals surface area contributed by atoms with Crippen LogP contribution in [0.25, 0.3) is 0 Å². The molecule has 0 saturated heterocycles. The number of rotatable bonds is 4. The first-order valence-corrected chi connectivity index (χ1v) is 8.11. The van der Waals surface area contributed by atoms with Crippen LogP contribution in [0.3, 0.4) is 0 Å². The molecule has 2 heterocycles. The number of Topliss-reactive ketones (excluding diaryl/α,β-unsaturated/α-hetero) is 1. The predicted molar refractivity (Wildman–Crippen MR) is 91.0 cm³/mol. The Balaban J connectivity index is 2.67. The maximum absolute atomic E-state index is 13.5. The molecule has 0 aliphatic carbocycles. The number of carboxylic acids is 1. The molecule has 0 saturated carbocycles. The summed E-state index contributed by atoms with van der Waals surface area (Å²) in [5.41, 5.74) is -1.99. The van der Waals surface area contributed by atoms with Crippen molar-refractivity contribution in [2.24, 2.45) is 0 Å². The second-order valence-electron chi connectivity index (χ2n) is 7.29. The van der Waals surface area contributed by atoms with E-state index in [-0.39, 0.29) is 29.2 Å². The fraction of sp³-hybridized carbons (Fsp3) is 0.444. The van der Waals surface area contributed by atoms with Gasteiger partial charge in [-0.2, -0.15) is 13.2 Å². The van der Waals surface area contributed by atoms with Crippen LogP contribution in [-0.2, 0) is 18.1 Å². The van der Waals surface area contributed by atoms with Crippen molar-refractivity contribution >= 4 is 11.8 Å². The zero-order chi connectivity index (χ0) is 20.7. The van der Waals surface area contributed by atoms with Gasteiger partial charge in [0.1, 0.15) is 11.5 Å². The van der Waals surface area contributed by atoms with Crippen LogP contribution in [0.4, 0.5) is 13.2 Å². The third-order valence-corrected chi connectivity index (χ3v) is 4.08. The molecule has 27 heavy (non-hydrogen) atoms. The summed E-state index contributed by atoms with van der Waals surface area (Å²) in [5.74, 6) is -1.48. The first-order valence-electron chi connectivity index (χ1n) is 8.11. The monoisotopic (exact) mass is 383 g/mol. The predicted octanol–water partition coefficient (Wildman–Crippen LogP) is 3.85. The zero-order valence-electron chi connectivity index (χ0n) is 15.6. The topological polar surface area (TPSA) is 85.1 Å². The highest BCUT2D eigenvalue weighted by Gasteiger charge is 2.35. The van der Waals surface area contributed by atoms with E-state index in [4.69, 9.17) is 0 Å². The van der Waals surface area contributed by atoms with Crippen LogP contribution in [0.1, 0.15) is 71.3 Å². The van der Waals surface area contributed by atoms with E-state index in [1.54, 1.807) is 20.8 Å². The second kappa shape index (κ2) is 6.79. The average molecular weight is 383 g/mol. The van der Waals surface area contributed by atoms with Gasteiger partial charge < -0.3 is 9.67 Å². The van der Waals surface area contributed by atoms with E-state index in [0.29, 0.717) is 5.82 Å². The SMILES string of the molecule is CC(=O)c1cc(C(F)(F)F)c(Cn2c(C(C)(C)C)nc(C(=O)O)c2C)cn1. The molecule has 0 unspecified atom stereocenters. The summed E-state index contributed by atoms with van der Waals surface area (Å²) in [5, 5.41) is 9.31. The lowest BCUT2D eigenvalue weighted by Crippen LogP contribution is -2.22. The molecule has 0 atom stereocenters. The fourth-order valence-electron chi connectivity index (χ4n) is 2.74. The third kappa shape index (κ3) is 4.17. The number of hydrogen-bond donors (Lipinski definition) is 1. The van der Waals surface area contributed by atoms with Gasteiger partial charge in [0.2, 0.25) is 0 Å². The fourth-order valence-corrected chi connectivity index (χ4v) is 2.74. The van der Waals surface area contributed by atoms with Gasteiger partial charge in [-0.15, -0.1) is 0 Å². The van der Waals surface area contributed by atoms with Crippen LogP contribution < -0.4 is 0 Å². The van der Waals surface area contributed by atoms with Crippen LogP contribution in [0.5, 0.6) is 0 Å². The molecule has 0 aliphatic heterocycles. The van der Waals surface area contributed by atoms with E-state index in [1.807, 2.05) is 0 Å². The van der Waals surface area contributed by atoms with Gasteiger partial charge in [0.05, 0.1) is 12.1 Å². The van der Waals surface area contributed by atoms with Crippen molar-refractivity contribution < 1.29 is 27.9 Å². The number of carbonyl (C=O) groups is 2. The molecule has 2 rings (SSSR count). The zero-order valence-corrected chi connectivity index (χ0v) is 15.6. The molecular weight excluding hydrogens is 363 g/mol. The molecule has 0 aliphatic rings. The normalized spacial score (nSPS) is 12.3. The second-order valence-corrected chi connectivity index (χ2v) is 7.29. The first kappa shape index (κ1) is 20.6. The van der Waals surface area contributed by atoms with E-state index < -0.39 is 28.9 Å². The summed E-state index contributed by atoms with van der Waals surface area (Å²) in [4.78, 5) is 30.7. The van der Waals surface area contributed by atoms with Crippen LogP contribution in [-0.4, -0.2) is 31.4 Å². The van der Waals surface area contributed by atoms with Gasteiger partial charge >= 0.3 is 12.1 Å². The van der Waals surface area contributed by atoms with Crippen molar-refractivity contribution in [1.29, 1.82) is 0 Å². The van der Waals surface area contributed by atoms with Crippen molar-refractivity contribution in [2.45, 2.75) is 52.8 Å². The van der Waals surface area contributed by atoms with Gasteiger partial charge in [0, 0.05) is 29.8 Å². The molecule has 0 spiro atoms. The van der Waals surface area contributed by atoms with Crippen LogP contribution >= 0.6 is 0 Å². The number of nitrogens with zero attached hydrogens (tertiary/aromatic N) is 3. The summed E-state index contributed by atoms with van der Waals surface area (Å²) in [6, 6.07) is 0.721. The Bertz CT molecular complexity index is 909. The highest BCUT2D eigenvalue weighted by atomic mass is 19.4. The molecule has 2 aromatic heterocycles. The van der Waals surface area contributed by atoms with E-state index >= 15 is 0 Å². The molecule has 6 nitrogen and oxygen atoms in total. The van der Waals surface area contributed by atoms with Gasteiger partial charge in [-0.1, -0.05) is 20.8 Å². The average Bonchev–Trinajstić information content (AvgIpc) is 2.83. The lowest BCUT2D eigenvalue weighted by atomic mass is 9.95. The number of ketones is 1. The van der Waals surface area contributed by atoms with Gasteiger partial charge in [0.25, 0.3) is 0 Å². The maximum atomic E-state index is 13.5. The molecule has 1 N–H and O–H groups in total. The Morgan fingerprint density at radius 3 is 2.26 bits per heavy atom. The van der Waals surface area contributed by atoms with E-state index in [9.17, 15) is 27.9 Å². The molecule has 0 bridgehead atoms. The van der Waals surface area contributed by atoms with Crippen LogP contribution in [0, 0.1) is 6.92 Å². The van der Waals surface area contributed by atoms with Crippen molar-refractivity contribution in [3.8, 4) is 0 Å². The van der Waals surface area contributed by atoms with Crippen molar-refractivity contribution in [3.63, 3.8) is 0 Å². The van der Waals surface area contributed by atoms with Gasteiger partial charge in [-0.3, -0.25) is 9.78 Å². The smallest absolute Gasteiger partial charge is 0.416 e. The standard InChI is InChI=1S/C18H20F3N3O3/c1-9-14(15(26)27)23-16(17(3,4)5)24(9)8-11-7-22-13(10(2)25)6-12(11)18(19,20)21/h6-7H,8H2,1-5H3,(H,26,27). The van der Waals surface area contributed by atoms with E-state index in [2.05, 4.69) is 9.97 Å². The Labute approximate surface area is 154 Å². The highest BCUT2D eigenvalue weighted by Crippen LogP contribution is 2.34. The minimum atomic E-state index is -4.69. The Morgan fingerprint density at radius 2 is 1.81 bits per heavy atom. The van der Waals surface area contributed by atoms with Crippen molar-refractivity contribution in [2.75, 3.05) is 0 Å². The molecule has 146 valence electrons. The minimum Gasteiger partial charge on any atom is -0.476 e. The van der Waals surface area contributed by atoms with E-state index in [1.165, 1.54) is 11.5 Å². The molecule has 0 radical (unpaired) electrons. The Morgan fingerprint density at radius 1 is 1.22 bits per heavy atom. The van der Waals surface area contributed by atoms with E-state index in [0.717, 1.165) is 19.2 Å². The number of carbonyl (C=O) groups excluding carboxylic acids is 1. The maximum Gasteiger partial charge on any atom is 0.416 e. The molecule has 0 aromatic carbocycles. The lowest BCUT2D eigenvalue weighted by molar-refractivity contribution is -0.138. The number of alkyl halides is 3. The van der Waals surface area contributed by atoms with Gasteiger partial charge in [-0.25, -0.2) is 9.78 Å². The summed E-state index contributed by atoms with van der Waals surface area (Å²) in [6.45, 7) is 7.74. The lowest BCUT2D eigenvalue weighted by Gasteiger charge is -2.22. The molecular formula is C18H20F3N3O3. The number of carboxylic acid groups (broad SMARTS) is 1. The highest BCUT2D eigenvalue weighted by molar-refractivity contribution is 5.92. The number of aromatic carboxylic acids is 1. The van der Waals surface area contributed by atoms with Crippen LogP contribution in [0.15, 0.2) is 12.3 Å².